The van der Waals surface area contributed by atoms with Crippen LogP contribution in [-0.4, -0.2) is 40.9 Å². The Morgan fingerprint density at radius 1 is 1.19 bits per heavy atom. The quantitative estimate of drug-likeness (QED) is 0.794. The first-order valence-electron chi connectivity index (χ1n) is 8.69. The number of benzene rings is 2. The van der Waals surface area contributed by atoms with Crippen LogP contribution < -0.4 is 10.6 Å². The first kappa shape index (κ1) is 19.6. The third-order valence-electron chi connectivity index (χ3n) is 4.45. The molecule has 7 heteroatoms. The first-order valence-corrected chi connectivity index (χ1v) is 10.2. The lowest BCUT2D eigenvalue weighted by molar-refractivity contribution is -0.134. The Bertz CT molecular complexity index is 859. The highest BCUT2D eigenvalue weighted by molar-refractivity contribution is 7.99. The SMILES string of the molecule is Cc1ccc(NC(=O)C2CSCN2C(=O)CNc2ccccc2Cl)c(C)c1. The lowest BCUT2D eigenvalue weighted by atomic mass is 10.1. The number of anilines is 2. The monoisotopic (exact) mass is 403 g/mol. The van der Waals surface area contributed by atoms with E-state index in [1.807, 2.05) is 50.2 Å². The van der Waals surface area contributed by atoms with Gasteiger partial charge in [-0.2, -0.15) is 0 Å². The molecule has 1 atom stereocenters. The highest BCUT2D eigenvalue weighted by atomic mass is 35.5. The number of nitrogens with one attached hydrogen (secondary N) is 2. The normalized spacial score (nSPS) is 16.3. The molecule has 5 nitrogen and oxygen atoms in total. The van der Waals surface area contributed by atoms with Gasteiger partial charge in [0.15, 0.2) is 0 Å². The van der Waals surface area contributed by atoms with Crippen molar-refractivity contribution in [2.45, 2.75) is 19.9 Å². The number of aryl methyl sites for hydroxylation is 2. The molecule has 1 unspecified atom stereocenters. The third kappa shape index (κ3) is 4.76. The fraction of sp³-hybridized carbons (Fsp3) is 0.300. The number of halogens is 1. The van der Waals surface area contributed by atoms with Gasteiger partial charge in [0.2, 0.25) is 11.8 Å². The molecule has 27 heavy (non-hydrogen) atoms. The van der Waals surface area contributed by atoms with Crippen molar-refractivity contribution in [2.75, 3.05) is 28.8 Å². The summed E-state index contributed by atoms with van der Waals surface area (Å²) in [4.78, 5) is 27.0. The van der Waals surface area contributed by atoms with Crippen molar-refractivity contribution in [1.29, 1.82) is 0 Å². The molecule has 3 rings (SSSR count). The standard InChI is InChI=1S/C20H22ClN3O2S/c1-13-7-8-16(14(2)9-13)23-20(26)18-11-27-12-24(18)19(25)10-22-17-6-4-3-5-15(17)21/h3-9,18,22H,10-12H2,1-2H3,(H,23,26). The number of para-hydroxylation sites is 1. The second kappa shape index (κ2) is 8.67. The number of thioether (sulfide) groups is 1. The fourth-order valence-corrected chi connectivity index (χ4v) is 4.34. The third-order valence-corrected chi connectivity index (χ3v) is 5.79. The zero-order chi connectivity index (χ0) is 19.4. The van der Waals surface area contributed by atoms with Crippen LogP contribution in [0.5, 0.6) is 0 Å². The van der Waals surface area contributed by atoms with E-state index in [9.17, 15) is 9.59 Å². The van der Waals surface area contributed by atoms with Gasteiger partial charge in [0.1, 0.15) is 6.04 Å². The van der Waals surface area contributed by atoms with Crippen LogP contribution in [0.25, 0.3) is 0 Å². The molecule has 2 aromatic rings. The van der Waals surface area contributed by atoms with E-state index in [0.717, 1.165) is 16.8 Å². The van der Waals surface area contributed by atoms with Gasteiger partial charge in [-0.25, -0.2) is 0 Å². The summed E-state index contributed by atoms with van der Waals surface area (Å²) < 4.78 is 0. The number of rotatable bonds is 5. The van der Waals surface area contributed by atoms with Crippen LogP contribution in [0, 0.1) is 13.8 Å². The minimum atomic E-state index is -0.476. The van der Waals surface area contributed by atoms with Crippen molar-refractivity contribution >= 4 is 46.6 Å². The van der Waals surface area contributed by atoms with Crippen molar-refractivity contribution in [3.63, 3.8) is 0 Å². The Kier molecular flexibility index (Phi) is 6.29. The summed E-state index contributed by atoms with van der Waals surface area (Å²) in [7, 11) is 0. The number of hydrogen-bond acceptors (Lipinski definition) is 4. The lowest BCUT2D eigenvalue weighted by Crippen LogP contribution is -2.46. The van der Waals surface area contributed by atoms with Gasteiger partial charge in [-0.05, 0) is 37.6 Å². The van der Waals surface area contributed by atoms with Crippen LogP contribution >= 0.6 is 23.4 Å². The molecule has 1 heterocycles. The van der Waals surface area contributed by atoms with Crippen LogP contribution in [0.15, 0.2) is 42.5 Å². The molecule has 2 N–H and O–H groups in total. The van der Waals surface area contributed by atoms with Crippen molar-refractivity contribution in [3.05, 3.63) is 58.6 Å². The molecule has 0 aliphatic carbocycles. The zero-order valence-corrected chi connectivity index (χ0v) is 16.9. The van der Waals surface area contributed by atoms with Crippen molar-refractivity contribution in [1.82, 2.24) is 4.90 Å². The summed E-state index contributed by atoms with van der Waals surface area (Å²) in [6.45, 7) is 4.07. The summed E-state index contributed by atoms with van der Waals surface area (Å²) in [5, 5.41) is 6.57. The van der Waals surface area contributed by atoms with Gasteiger partial charge >= 0.3 is 0 Å². The number of nitrogens with zero attached hydrogens (tertiary/aromatic N) is 1. The molecule has 0 spiro atoms. The molecule has 0 saturated carbocycles. The molecule has 2 amide bonds. The number of carbonyl (C=O) groups excluding carboxylic acids is 2. The van der Waals surface area contributed by atoms with Gasteiger partial charge in [-0.1, -0.05) is 41.4 Å². The average molecular weight is 404 g/mol. The van der Waals surface area contributed by atoms with Gasteiger partial charge in [0.25, 0.3) is 0 Å². The van der Waals surface area contributed by atoms with Crippen molar-refractivity contribution in [3.8, 4) is 0 Å². The Morgan fingerprint density at radius 2 is 1.96 bits per heavy atom. The summed E-state index contributed by atoms with van der Waals surface area (Å²) in [6.07, 6.45) is 0. The van der Waals surface area contributed by atoms with E-state index in [2.05, 4.69) is 10.6 Å². The topological polar surface area (TPSA) is 61.4 Å². The number of carbonyl (C=O) groups is 2. The summed E-state index contributed by atoms with van der Waals surface area (Å²) >= 11 is 7.69. The molecule has 0 bridgehead atoms. The summed E-state index contributed by atoms with van der Waals surface area (Å²) in [5.74, 6) is 0.821. The second-order valence-corrected chi connectivity index (χ2v) is 7.93. The minimum absolute atomic E-state index is 0.0949. The van der Waals surface area contributed by atoms with E-state index in [1.165, 1.54) is 0 Å². The van der Waals surface area contributed by atoms with Crippen LogP contribution in [0.1, 0.15) is 11.1 Å². The molecule has 1 aliphatic rings. The van der Waals surface area contributed by atoms with Gasteiger partial charge in [-0.3, -0.25) is 9.59 Å². The maximum atomic E-state index is 12.7. The number of hydrogen-bond donors (Lipinski definition) is 2. The number of amides is 2. The molecule has 0 aromatic heterocycles. The highest BCUT2D eigenvalue weighted by Crippen LogP contribution is 2.25. The van der Waals surface area contributed by atoms with E-state index in [1.54, 1.807) is 22.7 Å². The van der Waals surface area contributed by atoms with Gasteiger partial charge < -0.3 is 15.5 Å². The molecule has 142 valence electrons. The molecular weight excluding hydrogens is 382 g/mol. The fourth-order valence-electron chi connectivity index (χ4n) is 2.95. The zero-order valence-electron chi connectivity index (χ0n) is 15.3. The van der Waals surface area contributed by atoms with E-state index >= 15 is 0 Å². The predicted octanol–water partition coefficient (Wildman–Crippen LogP) is 3.91. The van der Waals surface area contributed by atoms with Crippen LogP contribution in [-0.2, 0) is 9.59 Å². The second-order valence-electron chi connectivity index (χ2n) is 6.52. The molecule has 1 aliphatic heterocycles. The van der Waals surface area contributed by atoms with Crippen molar-refractivity contribution < 1.29 is 9.59 Å². The first-order chi connectivity index (χ1) is 13.0. The molecule has 0 radical (unpaired) electrons. The molecule has 1 fully saturated rings. The lowest BCUT2D eigenvalue weighted by Gasteiger charge is -2.24. The van der Waals surface area contributed by atoms with Gasteiger partial charge in [0, 0.05) is 11.4 Å². The van der Waals surface area contributed by atoms with E-state index in [-0.39, 0.29) is 18.4 Å². The minimum Gasteiger partial charge on any atom is -0.375 e. The highest BCUT2D eigenvalue weighted by Gasteiger charge is 2.34. The Hall–Kier alpha value is -2.18. The van der Waals surface area contributed by atoms with Crippen molar-refractivity contribution in [2.24, 2.45) is 0 Å². The van der Waals surface area contributed by atoms with E-state index < -0.39 is 6.04 Å². The van der Waals surface area contributed by atoms with Crippen LogP contribution in [0.2, 0.25) is 5.02 Å². The summed E-state index contributed by atoms with van der Waals surface area (Å²) in [5.41, 5.74) is 3.64. The van der Waals surface area contributed by atoms with E-state index in [0.29, 0.717) is 22.3 Å². The predicted molar refractivity (Wildman–Crippen MR) is 112 cm³/mol. The molecular formula is C20H22ClN3O2S. The Morgan fingerprint density at radius 3 is 2.70 bits per heavy atom. The Balaban J connectivity index is 1.62. The maximum absolute atomic E-state index is 12.7. The maximum Gasteiger partial charge on any atom is 0.248 e. The van der Waals surface area contributed by atoms with Crippen LogP contribution in [0.4, 0.5) is 11.4 Å². The smallest absolute Gasteiger partial charge is 0.248 e. The van der Waals surface area contributed by atoms with Gasteiger partial charge in [0.05, 0.1) is 23.1 Å². The average Bonchev–Trinajstić information content (AvgIpc) is 3.13. The van der Waals surface area contributed by atoms with Gasteiger partial charge in [-0.15, -0.1) is 11.8 Å². The Labute approximate surface area is 168 Å². The molecule has 1 saturated heterocycles. The van der Waals surface area contributed by atoms with Crippen LogP contribution in [0.3, 0.4) is 0 Å². The molecule has 2 aromatic carbocycles. The summed E-state index contributed by atoms with van der Waals surface area (Å²) in [6, 6.07) is 12.7. The van der Waals surface area contributed by atoms with E-state index in [4.69, 9.17) is 11.6 Å². The largest absolute Gasteiger partial charge is 0.375 e.